The third kappa shape index (κ3) is 1.51. The Labute approximate surface area is 127 Å². The van der Waals surface area contributed by atoms with Crippen molar-refractivity contribution in [2.24, 2.45) is 0 Å². The van der Waals surface area contributed by atoms with Crippen LogP contribution in [-0.4, -0.2) is 4.98 Å². The number of aromatic nitrogens is 1. The van der Waals surface area contributed by atoms with Gasteiger partial charge >= 0.3 is 0 Å². The monoisotopic (exact) mass is 283 g/mol. The van der Waals surface area contributed by atoms with Gasteiger partial charge in [0.15, 0.2) is 5.76 Å². The lowest BCUT2D eigenvalue weighted by Gasteiger charge is -2.04. The highest BCUT2D eigenvalue weighted by Crippen LogP contribution is 2.38. The molecule has 1 aliphatic carbocycles. The predicted octanol–water partition coefficient (Wildman–Crippen LogP) is 4.68. The second-order valence-corrected chi connectivity index (χ2v) is 5.64. The van der Waals surface area contributed by atoms with E-state index in [2.05, 4.69) is 53.2 Å². The van der Waals surface area contributed by atoms with Crippen LogP contribution in [0.4, 0.5) is 0 Å². The SMILES string of the molecule is C1#CCc2c(oc3ccccc23)-c2[nH]c3ccccc3c2C1. The summed E-state index contributed by atoms with van der Waals surface area (Å²) in [6.45, 7) is 0. The van der Waals surface area contributed by atoms with E-state index in [0.717, 1.165) is 35.4 Å². The summed E-state index contributed by atoms with van der Waals surface area (Å²) in [5.74, 6) is 7.54. The highest BCUT2D eigenvalue weighted by atomic mass is 16.3. The Morgan fingerprint density at radius 1 is 0.818 bits per heavy atom. The second kappa shape index (κ2) is 4.29. The van der Waals surface area contributed by atoms with Crippen molar-refractivity contribution >= 4 is 21.9 Å². The molecule has 2 nitrogen and oxygen atoms in total. The van der Waals surface area contributed by atoms with Crippen LogP contribution < -0.4 is 0 Å². The molecule has 0 bridgehead atoms. The minimum atomic E-state index is 0.737. The maximum Gasteiger partial charge on any atom is 0.156 e. The van der Waals surface area contributed by atoms with Gasteiger partial charge < -0.3 is 9.40 Å². The van der Waals surface area contributed by atoms with E-state index in [-0.39, 0.29) is 0 Å². The van der Waals surface area contributed by atoms with Crippen LogP contribution in [0.5, 0.6) is 0 Å². The highest BCUT2D eigenvalue weighted by molar-refractivity contribution is 5.95. The summed E-state index contributed by atoms with van der Waals surface area (Å²) in [6.07, 6.45) is 1.50. The summed E-state index contributed by atoms with van der Waals surface area (Å²) in [7, 11) is 0. The Hall–Kier alpha value is -2.92. The smallest absolute Gasteiger partial charge is 0.156 e. The van der Waals surface area contributed by atoms with Crippen molar-refractivity contribution in [2.75, 3.05) is 0 Å². The maximum atomic E-state index is 6.18. The van der Waals surface area contributed by atoms with Crippen LogP contribution in [-0.2, 0) is 12.8 Å². The molecular weight excluding hydrogens is 270 g/mol. The van der Waals surface area contributed by atoms with Crippen LogP contribution in [0.3, 0.4) is 0 Å². The van der Waals surface area contributed by atoms with Gasteiger partial charge in [0.05, 0.1) is 5.69 Å². The van der Waals surface area contributed by atoms with Gasteiger partial charge in [0.2, 0.25) is 0 Å². The highest BCUT2D eigenvalue weighted by Gasteiger charge is 2.21. The molecule has 0 aliphatic heterocycles. The van der Waals surface area contributed by atoms with E-state index in [1.54, 1.807) is 0 Å². The van der Waals surface area contributed by atoms with Crippen molar-refractivity contribution in [3.63, 3.8) is 0 Å². The number of aromatic amines is 1. The van der Waals surface area contributed by atoms with Crippen LogP contribution in [0.15, 0.2) is 52.9 Å². The van der Waals surface area contributed by atoms with Gasteiger partial charge in [0, 0.05) is 40.3 Å². The zero-order valence-corrected chi connectivity index (χ0v) is 11.9. The van der Waals surface area contributed by atoms with E-state index < -0.39 is 0 Å². The Morgan fingerprint density at radius 2 is 1.55 bits per heavy atom. The molecule has 5 rings (SSSR count). The first-order valence-electron chi connectivity index (χ1n) is 7.48. The van der Waals surface area contributed by atoms with Crippen molar-refractivity contribution in [1.82, 2.24) is 4.98 Å². The topological polar surface area (TPSA) is 28.9 Å². The Bertz CT molecular complexity index is 999. The second-order valence-electron chi connectivity index (χ2n) is 5.64. The van der Waals surface area contributed by atoms with Crippen LogP contribution in [0, 0.1) is 11.8 Å². The quantitative estimate of drug-likeness (QED) is 0.466. The van der Waals surface area contributed by atoms with Crippen molar-refractivity contribution in [1.29, 1.82) is 0 Å². The molecule has 104 valence electrons. The van der Waals surface area contributed by atoms with Crippen molar-refractivity contribution in [3.05, 3.63) is 59.7 Å². The summed E-state index contributed by atoms with van der Waals surface area (Å²) >= 11 is 0. The van der Waals surface area contributed by atoms with Crippen LogP contribution in [0.25, 0.3) is 33.3 Å². The Kier molecular flexibility index (Phi) is 2.28. The number of rotatable bonds is 0. The molecule has 1 N–H and O–H groups in total. The molecule has 1 aliphatic rings. The van der Waals surface area contributed by atoms with Gasteiger partial charge in [-0.2, -0.15) is 0 Å². The van der Waals surface area contributed by atoms with Gasteiger partial charge in [-0.05, 0) is 12.1 Å². The molecular formula is C20H13NO. The first-order valence-corrected chi connectivity index (χ1v) is 7.48. The zero-order valence-electron chi connectivity index (χ0n) is 11.9. The minimum absolute atomic E-state index is 0.737. The summed E-state index contributed by atoms with van der Waals surface area (Å²) in [5.41, 5.74) is 5.59. The first kappa shape index (κ1) is 11.7. The fourth-order valence-electron chi connectivity index (χ4n) is 3.36. The van der Waals surface area contributed by atoms with E-state index >= 15 is 0 Å². The van der Waals surface area contributed by atoms with Crippen molar-refractivity contribution in [3.8, 4) is 23.3 Å². The third-order valence-corrected chi connectivity index (χ3v) is 4.39. The van der Waals surface area contributed by atoms with Gasteiger partial charge in [-0.25, -0.2) is 0 Å². The molecule has 2 heteroatoms. The Balaban J connectivity index is 1.93. The molecule has 0 amide bonds. The summed E-state index contributed by atoms with van der Waals surface area (Å²) in [6, 6.07) is 16.6. The average molecular weight is 283 g/mol. The zero-order chi connectivity index (χ0) is 14.5. The van der Waals surface area contributed by atoms with E-state index in [4.69, 9.17) is 4.42 Å². The molecule has 0 atom stereocenters. The fraction of sp³-hybridized carbons (Fsp3) is 0.100. The van der Waals surface area contributed by atoms with Crippen LogP contribution >= 0.6 is 0 Å². The molecule has 2 heterocycles. The summed E-state index contributed by atoms with van der Waals surface area (Å²) < 4.78 is 6.18. The number of fused-ring (bicyclic) bond motifs is 7. The average Bonchev–Trinajstić information content (AvgIpc) is 3.07. The molecule has 2 aromatic carbocycles. The minimum Gasteiger partial charge on any atom is -0.454 e. The molecule has 0 radical (unpaired) electrons. The normalized spacial score (nSPS) is 13.1. The number of nitrogens with one attached hydrogen (secondary N) is 1. The molecule has 2 aromatic heterocycles. The van der Waals surface area contributed by atoms with Gasteiger partial charge in [-0.3, -0.25) is 0 Å². The van der Waals surface area contributed by atoms with E-state index in [0.29, 0.717) is 0 Å². The van der Waals surface area contributed by atoms with E-state index in [9.17, 15) is 0 Å². The van der Waals surface area contributed by atoms with Gasteiger partial charge in [-0.1, -0.05) is 48.2 Å². The molecule has 0 fully saturated rings. The van der Waals surface area contributed by atoms with Crippen LogP contribution in [0.1, 0.15) is 11.1 Å². The van der Waals surface area contributed by atoms with E-state index in [1.165, 1.54) is 21.9 Å². The summed E-state index contributed by atoms with van der Waals surface area (Å²) in [4.78, 5) is 3.54. The fourth-order valence-corrected chi connectivity index (χ4v) is 3.36. The molecule has 0 saturated heterocycles. The number of para-hydroxylation sites is 2. The largest absolute Gasteiger partial charge is 0.454 e. The first-order chi connectivity index (χ1) is 10.9. The molecule has 0 spiro atoms. The standard InChI is InChI=1S/C20H13NO/c1-2-10-16-14-8-4-6-12-18(14)22-20(16)19-15(9-1)13-7-3-5-11-17(13)21-19/h3-8,11-12,21H,9-10H2. The van der Waals surface area contributed by atoms with Gasteiger partial charge in [0.1, 0.15) is 5.58 Å². The number of H-pyrrole nitrogens is 1. The Morgan fingerprint density at radius 3 is 2.45 bits per heavy atom. The van der Waals surface area contributed by atoms with E-state index in [1.807, 2.05) is 12.1 Å². The number of hydrogen-bond acceptors (Lipinski definition) is 1. The predicted molar refractivity (Wildman–Crippen MR) is 88.7 cm³/mol. The molecule has 22 heavy (non-hydrogen) atoms. The van der Waals surface area contributed by atoms with Crippen molar-refractivity contribution in [2.45, 2.75) is 12.8 Å². The lowest BCUT2D eigenvalue weighted by atomic mass is 9.99. The third-order valence-electron chi connectivity index (χ3n) is 4.39. The lowest BCUT2D eigenvalue weighted by Crippen LogP contribution is -1.92. The molecule has 0 saturated carbocycles. The van der Waals surface area contributed by atoms with Crippen molar-refractivity contribution < 1.29 is 4.42 Å². The number of benzene rings is 2. The number of furan rings is 1. The number of hydrogen-bond donors (Lipinski definition) is 1. The van der Waals surface area contributed by atoms with Gasteiger partial charge in [-0.15, -0.1) is 0 Å². The summed E-state index contributed by atoms with van der Waals surface area (Å²) in [5, 5.41) is 2.40. The van der Waals surface area contributed by atoms with Gasteiger partial charge in [0.25, 0.3) is 0 Å². The molecule has 4 aromatic rings. The lowest BCUT2D eigenvalue weighted by molar-refractivity contribution is 0.625. The maximum absolute atomic E-state index is 6.18. The van der Waals surface area contributed by atoms with Crippen LogP contribution in [0.2, 0.25) is 0 Å². The molecule has 0 unspecified atom stereocenters.